The van der Waals surface area contributed by atoms with Gasteiger partial charge in [0.1, 0.15) is 6.54 Å². The van der Waals surface area contributed by atoms with Gasteiger partial charge in [0.2, 0.25) is 5.91 Å². The molecule has 1 atom stereocenters. The van der Waals surface area contributed by atoms with E-state index in [0.717, 1.165) is 25.2 Å². The minimum Gasteiger partial charge on any atom is -0.357 e. The quantitative estimate of drug-likeness (QED) is 0.458. The molecule has 1 heterocycles. The maximum absolute atomic E-state index is 12.0. The fourth-order valence-corrected chi connectivity index (χ4v) is 3.48. The number of nitrogens with zero attached hydrogens (tertiary/aromatic N) is 2. The summed E-state index contributed by atoms with van der Waals surface area (Å²) >= 11 is 0. The molecule has 2 rings (SSSR count). The molecule has 0 saturated carbocycles. The van der Waals surface area contributed by atoms with Crippen molar-refractivity contribution >= 4 is 11.9 Å². The summed E-state index contributed by atoms with van der Waals surface area (Å²) in [6, 6.07) is 10.6. The van der Waals surface area contributed by atoms with Crippen molar-refractivity contribution in [2.75, 3.05) is 32.7 Å². The van der Waals surface area contributed by atoms with Crippen LogP contribution in [0.15, 0.2) is 35.3 Å². The van der Waals surface area contributed by atoms with Gasteiger partial charge in [-0.15, -0.1) is 0 Å². The number of likely N-dealkylation sites (tertiary alicyclic amines) is 1. The van der Waals surface area contributed by atoms with Gasteiger partial charge >= 0.3 is 0 Å². The Morgan fingerprint density at radius 2 is 1.96 bits per heavy atom. The molecule has 0 bridgehead atoms. The summed E-state index contributed by atoms with van der Waals surface area (Å²) in [4.78, 5) is 19.0. The van der Waals surface area contributed by atoms with Gasteiger partial charge in [-0.1, -0.05) is 43.7 Å². The van der Waals surface area contributed by atoms with Crippen molar-refractivity contribution in [1.82, 2.24) is 20.9 Å². The van der Waals surface area contributed by atoms with Crippen LogP contribution in [-0.4, -0.2) is 55.5 Å². The number of amides is 1. The summed E-state index contributed by atoms with van der Waals surface area (Å²) in [5.74, 6) is 0.635. The topological polar surface area (TPSA) is 68.8 Å². The Morgan fingerprint density at radius 3 is 2.70 bits per heavy atom. The van der Waals surface area contributed by atoms with E-state index in [1.165, 1.54) is 32.2 Å². The van der Waals surface area contributed by atoms with Gasteiger partial charge in [-0.05, 0) is 38.3 Å². The highest BCUT2D eigenvalue weighted by Gasteiger charge is 2.19. The number of carbonyl (C=O) groups excluding carboxylic acids is 1. The van der Waals surface area contributed by atoms with E-state index in [9.17, 15) is 4.79 Å². The zero-order chi connectivity index (χ0) is 19.3. The fraction of sp³-hybridized carbons (Fsp3) is 0.619. The summed E-state index contributed by atoms with van der Waals surface area (Å²) in [5, 5.41) is 9.48. The average molecular weight is 374 g/mol. The molecule has 0 aliphatic carbocycles. The Morgan fingerprint density at radius 1 is 1.15 bits per heavy atom. The molecule has 0 spiro atoms. The van der Waals surface area contributed by atoms with Crippen molar-refractivity contribution in [3.05, 3.63) is 35.9 Å². The zero-order valence-electron chi connectivity index (χ0n) is 16.8. The van der Waals surface area contributed by atoms with Gasteiger partial charge < -0.3 is 16.0 Å². The Balaban J connectivity index is 1.73. The molecule has 27 heavy (non-hydrogen) atoms. The number of aliphatic imine (C=N–C) groups is 1. The first-order chi connectivity index (χ1) is 13.2. The second-order valence-electron chi connectivity index (χ2n) is 6.98. The van der Waals surface area contributed by atoms with Crippen molar-refractivity contribution in [3.63, 3.8) is 0 Å². The summed E-state index contributed by atoms with van der Waals surface area (Å²) in [7, 11) is 0. The van der Waals surface area contributed by atoms with E-state index in [0.29, 0.717) is 18.5 Å². The minimum atomic E-state index is -0.0712. The number of rotatable bonds is 9. The molecule has 0 aromatic heterocycles. The van der Waals surface area contributed by atoms with Crippen molar-refractivity contribution < 1.29 is 4.79 Å². The molecule has 6 nitrogen and oxygen atoms in total. The van der Waals surface area contributed by atoms with Crippen LogP contribution in [0, 0.1) is 0 Å². The SMILES string of the molecule is CCNC(=NCC(=O)NCc1ccccc1)NCCN1CCCCC1CC. The maximum atomic E-state index is 12.0. The van der Waals surface area contributed by atoms with E-state index in [1.54, 1.807) is 0 Å². The Labute approximate surface area is 163 Å². The normalized spacial score (nSPS) is 18.1. The fourth-order valence-electron chi connectivity index (χ4n) is 3.48. The lowest BCUT2D eigenvalue weighted by atomic mass is 10.0. The zero-order valence-corrected chi connectivity index (χ0v) is 16.8. The van der Waals surface area contributed by atoms with Gasteiger partial charge in [0.25, 0.3) is 0 Å². The molecule has 3 N–H and O–H groups in total. The largest absolute Gasteiger partial charge is 0.357 e. The van der Waals surface area contributed by atoms with Gasteiger partial charge in [0.15, 0.2) is 5.96 Å². The molecule has 0 radical (unpaired) electrons. The van der Waals surface area contributed by atoms with Gasteiger partial charge in [0.05, 0.1) is 0 Å². The minimum absolute atomic E-state index is 0.0712. The third-order valence-corrected chi connectivity index (χ3v) is 4.97. The second-order valence-corrected chi connectivity index (χ2v) is 6.98. The lowest BCUT2D eigenvalue weighted by molar-refractivity contribution is -0.119. The number of benzene rings is 1. The van der Waals surface area contributed by atoms with Gasteiger partial charge in [-0.25, -0.2) is 4.99 Å². The van der Waals surface area contributed by atoms with Gasteiger partial charge in [0, 0.05) is 32.2 Å². The standard InChI is InChI=1S/C21H35N5O/c1-3-19-12-8-9-14-26(19)15-13-23-21(22-4-2)25-17-20(27)24-16-18-10-6-5-7-11-18/h5-7,10-11,19H,3-4,8-9,12-17H2,1-2H3,(H,24,27)(H2,22,23,25). The van der Waals surface area contributed by atoms with Crippen LogP contribution in [0.1, 0.15) is 45.1 Å². The van der Waals surface area contributed by atoms with Crippen LogP contribution in [0.25, 0.3) is 0 Å². The Bertz CT molecular complexity index is 575. The lowest BCUT2D eigenvalue weighted by Gasteiger charge is -2.35. The smallest absolute Gasteiger partial charge is 0.242 e. The van der Waals surface area contributed by atoms with Crippen LogP contribution in [-0.2, 0) is 11.3 Å². The number of hydrogen-bond acceptors (Lipinski definition) is 3. The van der Waals surface area contributed by atoms with Crippen molar-refractivity contribution in [2.24, 2.45) is 4.99 Å². The number of piperidine rings is 1. The summed E-state index contributed by atoms with van der Waals surface area (Å²) in [5.41, 5.74) is 1.09. The third kappa shape index (κ3) is 7.99. The number of carbonyl (C=O) groups is 1. The lowest BCUT2D eigenvalue weighted by Crippen LogP contribution is -2.46. The molecule has 1 aliphatic rings. The molecule has 1 unspecified atom stereocenters. The molecular weight excluding hydrogens is 338 g/mol. The van der Waals surface area contributed by atoms with E-state index in [-0.39, 0.29) is 12.5 Å². The van der Waals surface area contributed by atoms with Crippen molar-refractivity contribution in [2.45, 2.75) is 52.1 Å². The molecule has 6 heteroatoms. The van der Waals surface area contributed by atoms with Crippen LogP contribution in [0.2, 0.25) is 0 Å². The van der Waals surface area contributed by atoms with E-state index >= 15 is 0 Å². The average Bonchev–Trinajstić information content (AvgIpc) is 2.71. The molecular formula is C21H35N5O. The summed E-state index contributed by atoms with van der Waals surface area (Å²) in [6.07, 6.45) is 5.18. The number of hydrogen-bond donors (Lipinski definition) is 3. The molecule has 1 saturated heterocycles. The highest BCUT2D eigenvalue weighted by Crippen LogP contribution is 2.18. The van der Waals surface area contributed by atoms with Crippen LogP contribution >= 0.6 is 0 Å². The molecule has 150 valence electrons. The molecule has 1 aromatic rings. The van der Waals surface area contributed by atoms with Crippen LogP contribution in [0.4, 0.5) is 0 Å². The highest BCUT2D eigenvalue weighted by atomic mass is 16.1. The van der Waals surface area contributed by atoms with Crippen molar-refractivity contribution in [3.8, 4) is 0 Å². The predicted octanol–water partition coefficient (Wildman–Crippen LogP) is 2.12. The van der Waals surface area contributed by atoms with E-state index < -0.39 is 0 Å². The van der Waals surface area contributed by atoms with Crippen LogP contribution < -0.4 is 16.0 Å². The first-order valence-electron chi connectivity index (χ1n) is 10.3. The molecule has 1 fully saturated rings. The highest BCUT2D eigenvalue weighted by molar-refractivity contribution is 5.84. The van der Waals surface area contributed by atoms with Gasteiger partial charge in [-0.2, -0.15) is 0 Å². The first-order valence-corrected chi connectivity index (χ1v) is 10.3. The van der Waals surface area contributed by atoms with E-state index in [1.807, 2.05) is 37.3 Å². The number of guanidine groups is 1. The third-order valence-electron chi connectivity index (χ3n) is 4.97. The Kier molecular flexibility index (Phi) is 9.69. The van der Waals surface area contributed by atoms with Crippen LogP contribution in [0.3, 0.4) is 0 Å². The molecule has 1 amide bonds. The Hall–Kier alpha value is -2.08. The van der Waals surface area contributed by atoms with E-state index in [2.05, 4.69) is 32.8 Å². The second kappa shape index (κ2) is 12.3. The maximum Gasteiger partial charge on any atom is 0.242 e. The first kappa shape index (κ1) is 21.2. The monoisotopic (exact) mass is 373 g/mol. The summed E-state index contributed by atoms with van der Waals surface area (Å²) in [6.45, 7) is 8.79. The van der Waals surface area contributed by atoms with Crippen LogP contribution in [0.5, 0.6) is 0 Å². The number of nitrogens with one attached hydrogen (secondary N) is 3. The molecule has 1 aromatic carbocycles. The van der Waals surface area contributed by atoms with Crippen molar-refractivity contribution in [1.29, 1.82) is 0 Å². The van der Waals surface area contributed by atoms with E-state index in [4.69, 9.17) is 0 Å². The van der Waals surface area contributed by atoms with Gasteiger partial charge in [-0.3, -0.25) is 9.69 Å². The predicted molar refractivity (Wildman–Crippen MR) is 112 cm³/mol. The molecule has 1 aliphatic heterocycles. The summed E-state index contributed by atoms with van der Waals surface area (Å²) < 4.78 is 0.